The van der Waals surface area contributed by atoms with Crippen LogP contribution in [-0.2, 0) is 6.61 Å². The number of anilines is 1. The summed E-state index contributed by atoms with van der Waals surface area (Å²) < 4.78 is 5.82. The number of ether oxygens (including phenoxy) is 1. The van der Waals surface area contributed by atoms with Crippen LogP contribution in [0.1, 0.15) is 37.7 Å². The standard InChI is InChI=1S/C21H25N5O/c22-19-24-20(23)26(21(25-19)13-5-2-6-14-21)17-11-9-16(10-12-17)15-27-18-7-3-1-4-8-18/h1,3-4,7-12H,2,5-6,13-15H2,(H4,22,23,24,25). The van der Waals surface area contributed by atoms with Crippen LogP contribution < -0.4 is 21.1 Å². The number of hydrogen-bond acceptors (Lipinski definition) is 6. The van der Waals surface area contributed by atoms with Gasteiger partial charge in [-0.2, -0.15) is 4.99 Å². The smallest absolute Gasteiger partial charge is 0.220 e. The molecule has 1 aliphatic heterocycles. The minimum absolute atomic E-state index is 0.276. The normalized spacial score (nSPS) is 18.7. The van der Waals surface area contributed by atoms with Crippen LogP contribution in [0.3, 0.4) is 0 Å². The predicted octanol–water partition coefficient (Wildman–Crippen LogP) is 3.38. The monoisotopic (exact) mass is 363 g/mol. The number of hydrogen-bond donors (Lipinski definition) is 2. The lowest BCUT2D eigenvalue weighted by Gasteiger charge is -2.45. The maximum absolute atomic E-state index is 6.27. The summed E-state index contributed by atoms with van der Waals surface area (Å²) in [5, 5.41) is 0. The minimum Gasteiger partial charge on any atom is -0.489 e. The fourth-order valence-corrected chi connectivity index (χ4v) is 3.92. The summed E-state index contributed by atoms with van der Waals surface area (Å²) in [6.07, 6.45) is 5.32. The first-order valence-electron chi connectivity index (χ1n) is 9.43. The number of aliphatic imine (C=N–C) groups is 2. The molecule has 0 atom stereocenters. The number of nitrogens with zero attached hydrogens (tertiary/aromatic N) is 3. The molecule has 1 spiro atoms. The summed E-state index contributed by atoms with van der Waals surface area (Å²) in [6.45, 7) is 0.518. The highest BCUT2D eigenvalue weighted by Gasteiger charge is 2.42. The van der Waals surface area contributed by atoms with Crippen LogP contribution in [0.5, 0.6) is 5.75 Å². The Balaban J connectivity index is 1.54. The van der Waals surface area contributed by atoms with E-state index >= 15 is 0 Å². The van der Waals surface area contributed by atoms with Gasteiger partial charge in [0.05, 0.1) is 0 Å². The van der Waals surface area contributed by atoms with E-state index in [1.54, 1.807) is 0 Å². The minimum atomic E-state index is -0.407. The molecule has 1 heterocycles. The Morgan fingerprint density at radius 3 is 2.33 bits per heavy atom. The molecule has 2 aliphatic rings. The van der Waals surface area contributed by atoms with Crippen LogP contribution in [-0.4, -0.2) is 17.6 Å². The fourth-order valence-electron chi connectivity index (χ4n) is 3.92. The summed E-state index contributed by atoms with van der Waals surface area (Å²) >= 11 is 0. The molecule has 1 fully saturated rings. The molecular weight excluding hydrogens is 338 g/mol. The first-order valence-corrected chi connectivity index (χ1v) is 9.43. The van der Waals surface area contributed by atoms with Crippen molar-refractivity contribution in [3.8, 4) is 5.75 Å². The molecule has 0 amide bonds. The van der Waals surface area contributed by atoms with Crippen molar-refractivity contribution in [3.05, 3.63) is 60.2 Å². The molecule has 0 bridgehead atoms. The molecule has 6 heteroatoms. The molecule has 0 aromatic heterocycles. The lowest BCUT2D eigenvalue weighted by molar-refractivity contribution is 0.304. The summed E-state index contributed by atoms with van der Waals surface area (Å²) in [5.41, 5.74) is 13.9. The maximum Gasteiger partial charge on any atom is 0.220 e. The van der Waals surface area contributed by atoms with E-state index in [1.165, 1.54) is 6.42 Å². The largest absolute Gasteiger partial charge is 0.489 e. The second-order valence-corrected chi connectivity index (χ2v) is 7.09. The van der Waals surface area contributed by atoms with Crippen LogP contribution in [0.4, 0.5) is 5.69 Å². The molecule has 0 radical (unpaired) electrons. The summed E-state index contributed by atoms with van der Waals surface area (Å²) in [4.78, 5) is 11.0. The van der Waals surface area contributed by atoms with E-state index in [0.717, 1.165) is 42.7 Å². The number of para-hydroxylation sites is 1. The Morgan fingerprint density at radius 2 is 1.63 bits per heavy atom. The molecule has 27 heavy (non-hydrogen) atoms. The average molecular weight is 363 g/mol. The van der Waals surface area contributed by atoms with Gasteiger partial charge in [-0.25, -0.2) is 4.99 Å². The van der Waals surface area contributed by atoms with Crippen molar-refractivity contribution in [1.29, 1.82) is 0 Å². The van der Waals surface area contributed by atoms with Gasteiger partial charge in [-0.1, -0.05) is 36.8 Å². The van der Waals surface area contributed by atoms with Crippen molar-refractivity contribution in [2.24, 2.45) is 21.5 Å². The zero-order chi connectivity index (χ0) is 18.7. The first kappa shape index (κ1) is 17.4. The van der Waals surface area contributed by atoms with Crippen LogP contribution in [0.15, 0.2) is 64.6 Å². The number of guanidine groups is 2. The zero-order valence-corrected chi connectivity index (χ0v) is 15.3. The number of rotatable bonds is 4. The highest BCUT2D eigenvalue weighted by Crippen LogP contribution is 2.39. The second-order valence-electron chi connectivity index (χ2n) is 7.09. The van der Waals surface area contributed by atoms with Gasteiger partial charge in [0.2, 0.25) is 11.9 Å². The van der Waals surface area contributed by atoms with E-state index in [1.807, 2.05) is 35.2 Å². The molecule has 2 aromatic rings. The molecule has 6 nitrogen and oxygen atoms in total. The highest BCUT2D eigenvalue weighted by molar-refractivity contribution is 6.05. The van der Waals surface area contributed by atoms with Crippen LogP contribution in [0, 0.1) is 0 Å². The lowest BCUT2D eigenvalue weighted by Crippen LogP contribution is -2.58. The van der Waals surface area contributed by atoms with E-state index in [2.05, 4.69) is 29.3 Å². The summed E-state index contributed by atoms with van der Waals surface area (Å²) in [7, 11) is 0. The maximum atomic E-state index is 6.27. The van der Waals surface area contributed by atoms with Gasteiger partial charge in [0.1, 0.15) is 18.0 Å². The average Bonchev–Trinajstić information content (AvgIpc) is 2.68. The van der Waals surface area contributed by atoms with Gasteiger partial charge in [-0.3, -0.25) is 4.90 Å². The Kier molecular flexibility index (Phi) is 4.71. The van der Waals surface area contributed by atoms with Gasteiger partial charge >= 0.3 is 0 Å². The predicted molar refractivity (Wildman–Crippen MR) is 109 cm³/mol. The van der Waals surface area contributed by atoms with Crippen molar-refractivity contribution < 1.29 is 4.74 Å². The zero-order valence-electron chi connectivity index (χ0n) is 15.3. The van der Waals surface area contributed by atoms with E-state index < -0.39 is 5.66 Å². The third kappa shape index (κ3) is 3.60. The third-order valence-corrected chi connectivity index (χ3v) is 5.19. The van der Waals surface area contributed by atoms with Crippen molar-refractivity contribution >= 4 is 17.6 Å². The molecule has 0 saturated heterocycles. The fraction of sp³-hybridized carbons (Fsp3) is 0.333. The topological polar surface area (TPSA) is 89.2 Å². The van der Waals surface area contributed by atoms with E-state index in [-0.39, 0.29) is 5.96 Å². The molecule has 2 aromatic carbocycles. The van der Waals surface area contributed by atoms with Crippen molar-refractivity contribution in [3.63, 3.8) is 0 Å². The Labute approximate surface area is 159 Å². The number of nitrogens with two attached hydrogens (primary N) is 2. The van der Waals surface area contributed by atoms with Crippen LogP contribution >= 0.6 is 0 Å². The van der Waals surface area contributed by atoms with Gasteiger partial charge < -0.3 is 16.2 Å². The number of benzene rings is 2. The molecular formula is C21H25N5O. The van der Waals surface area contributed by atoms with Crippen LogP contribution in [0.25, 0.3) is 0 Å². The van der Waals surface area contributed by atoms with Gasteiger partial charge in [0.25, 0.3) is 0 Å². The van der Waals surface area contributed by atoms with E-state index in [9.17, 15) is 0 Å². The first-order chi connectivity index (χ1) is 13.2. The van der Waals surface area contributed by atoms with Crippen molar-refractivity contribution in [2.45, 2.75) is 44.4 Å². The Hall–Kier alpha value is -3.02. The van der Waals surface area contributed by atoms with Crippen molar-refractivity contribution in [1.82, 2.24) is 0 Å². The summed E-state index contributed by atoms with van der Waals surface area (Å²) in [5.74, 6) is 1.55. The van der Waals surface area contributed by atoms with E-state index in [4.69, 9.17) is 21.2 Å². The van der Waals surface area contributed by atoms with Gasteiger partial charge in [0, 0.05) is 5.69 Å². The molecule has 4 N–H and O–H groups in total. The van der Waals surface area contributed by atoms with E-state index in [0.29, 0.717) is 12.6 Å². The molecule has 140 valence electrons. The van der Waals surface area contributed by atoms with Gasteiger partial charge in [-0.15, -0.1) is 0 Å². The SMILES string of the molecule is NC1=NC2(CCCCC2)N(c2ccc(COc3ccccc3)cc2)C(N)=N1. The van der Waals surface area contributed by atoms with Crippen LogP contribution in [0.2, 0.25) is 0 Å². The Bertz CT molecular complexity index is 839. The summed E-state index contributed by atoms with van der Waals surface area (Å²) in [6, 6.07) is 18.0. The second kappa shape index (κ2) is 7.31. The van der Waals surface area contributed by atoms with Gasteiger partial charge in [-0.05, 0) is 55.5 Å². The Morgan fingerprint density at radius 1 is 0.926 bits per heavy atom. The molecule has 4 rings (SSSR count). The molecule has 0 unspecified atom stereocenters. The molecule has 1 aliphatic carbocycles. The third-order valence-electron chi connectivity index (χ3n) is 5.19. The lowest BCUT2D eigenvalue weighted by atomic mass is 9.87. The van der Waals surface area contributed by atoms with Gasteiger partial charge in [0.15, 0.2) is 0 Å². The van der Waals surface area contributed by atoms with Crippen molar-refractivity contribution in [2.75, 3.05) is 4.90 Å². The quantitative estimate of drug-likeness (QED) is 0.871. The highest BCUT2D eigenvalue weighted by atomic mass is 16.5. The molecule has 1 saturated carbocycles.